The van der Waals surface area contributed by atoms with Gasteiger partial charge >= 0.3 is 5.51 Å². The van der Waals surface area contributed by atoms with Gasteiger partial charge in [0.15, 0.2) is 5.78 Å². The van der Waals surface area contributed by atoms with Crippen LogP contribution in [0.15, 0.2) is 23.1 Å². The molecular weight excluding hydrogens is 317 g/mol. The largest absolute Gasteiger partial charge is 0.446 e. The van der Waals surface area contributed by atoms with Crippen LogP contribution in [-0.2, 0) is 0 Å². The zero-order valence-corrected chi connectivity index (χ0v) is 11.5. The maximum absolute atomic E-state index is 12.4. The fourth-order valence-electron chi connectivity index (χ4n) is 1.31. The summed E-state index contributed by atoms with van der Waals surface area (Å²) >= 11 is 2.83. The van der Waals surface area contributed by atoms with Crippen molar-refractivity contribution in [1.82, 2.24) is 0 Å². The molecular formula is C11H10BrF3OS. The Kier molecular flexibility index (Phi) is 4.66. The number of carbonyl (C=O) groups is 1. The molecule has 0 aliphatic carbocycles. The van der Waals surface area contributed by atoms with Gasteiger partial charge in [-0.3, -0.25) is 4.79 Å². The summed E-state index contributed by atoms with van der Waals surface area (Å²) in [5.41, 5.74) is -3.83. The molecule has 17 heavy (non-hydrogen) atoms. The highest BCUT2D eigenvalue weighted by molar-refractivity contribution is 9.10. The number of halogens is 4. The van der Waals surface area contributed by atoms with Crippen LogP contribution in [0.5, 0.6) is 0 Å². The van der Waals surface area contributed by atoms with E-state index in [0.717, 1.165) is 0 Å². The van der Waals surface area contributed by atoms with Crippen molar-refractivity contribution in [2.75, 3.05) is 0 Å². The Bertz CT molecular complexity index is 429. The number of carbonyl (C=O) groups excluding carboxylic acids is 1. The van der Waals surface area contributed by atoms with Crippen LogP contribution in [0, 0.1) is 6.92 Å². The molecule has 0 heterocycles. The van der Waals surface area contributed by atoms with Crippen molar-refractivity contribution in [2.45, 2.75) is 29.1 Å². The summed E-state index contributed by atoms with van der Waals surface area (Å²) in [6, 6.07) is 4.56. The number of aryl methyl sites for hydroxylation is 1. The van der Waals surface area contributed by atoms with E-state index >= 15 is 0 Å². The summed E-state index contributed by atoms with van der Waals surface area (Å²) in [6.45, 7) is 3.15. The molecule has 0 saturated heterocycles. The molecule has 0 spiro atoms. The molecule has 0 fully saturated rings. The molecule has 0 N–H and O–H groups in total. The molecule has 1 aromatic rings. The van der Waals surface area contributed by atoms with Crippen LogP contribution in [-0.4, -0.2) is 16.1 Å². The summed E-state index contributed by atoms with van der Waals surface area (Å²) in [4.78, 5) is 11.3. The number of hydrogen-bond donors (Lipinski definition) is 0. The minimum Gasteiger partial charge on any atom is -0.293 e. The van der Waals surface area contributed by atoms with Gasteiger partial charge in [-0.15, -0.1) is 0 Å². The fraction of sp³-hybridized carbons (Fsp3) is 0.364. The van der Waals surface area contributed by atoms with Gasteiger partial charge < -0.3 is 0 Å². The van der Waals surface area contributed by atoms with Crippen molar-refractivity contribution >= 4 is 33.5 Å². The van der Waals surface area contributed by atoms with Gasteiger partial charge in [0, 0.05) is 10.5 Å². The van der Waals surface area contributed by atoms with Crippen molar-refractivity contribution < 1.29 is 18.0 Å². The molecule has 0 amide bonds. The lowest BCUT2D eigenvalue weighted by atomic mass is 10.1. The van der Waals surface area contributed by atoms with E-state index in [0.29, 0.717) is 5.56 Å². The Morgan fingerprint density at radius 2 is 2.00 bits per heavy atom. The van der Waals surface area contributed by atoms with E-state index in [1.54, 1.807) is 26.0 Å². The van der Waals surface area contributed by atoms with Crippen molar-refractivity contribution in [3.05, 3.63) is 29.3 Å². The molecule has 0 radical (unpaired) electrons. The third-order valence-electron chi connectivity index (χ3n) is 2.06. The first-order chi connectivity index (χ1) is 7.72. The summed E-state index contributed by atoms with van der Waals surface area (Å²) in [7, 11) is 0. The van der Waals surface area contributed by atoms with Crippen molar-refractivity contribution in [3.8, 4) is 0 Å². The molecule has 0 bridgehead atoms. The number of alkyl halides is 4. The quantitative estimate of drug-likeness (QED) is 0.459. The summed E-state index contributed by atoms with van der Waals surface area (Å²) in [6.07, 6.45) is 0. The molecule has 94 valence electrons. The molecule has 1 rings (SSSR count). The minimum absolute atomic E-state index is 0.0173. The first-order valence-electron chi connectivity index (χ1n) is 4.76. The highest BCUT2D eigenvalue weighted by atomic mass is 79.9. The number of hydrogen-bond acceptors (Lipinski definition) is 2. The van der Waals surface area contributed by atoms with Crippen LogP contribution in [0.25, 0.3) is 0 Å². The van der Waals surface area contributed by atoms with E-state index in [1.807, 2.05) is 0 Å². The van der Waals surface area contributed by atoms with Crippen molar-refractivity contribution in [2.24, 2.45) is 0 Å². The summed E-state index contributed by atoms with van der Waals surface area (Å²) in [5, 5.41) is 0. The number of Topliss-reactive ketones (excluding diaryl/α,β-unsaturated/α-hetero) is 1. The van der Waals surface area contributed by atoms with Crippen molar-refractivity contribution in [3.63, 3.8) is 0 Å². The minimum atomic E-state index is -4.39. The molecule has 1 unspecified atom stereocenters. The van der Waals surface area contributed by atoms with Gasteiger partial charge in [-0.05, 0) is 31.2 Å². The maximum Gasteiger partial charge on any atom is 0.446 e. The van der Waals surface area contributed by atoms with Crippen LogP contribution < -0.4 is 0 Å². The fourth-order valence-corrected chi connectivity index (χ4v) is 2.30. The molecule has 0 aliphatic heterocycles. The zero-order chi connectivity index (χ0) is 13.2. The first kappa shape index (κ1) is 14.6. The maximum atomic E-state index is 12.4. The average molecular weight is 327 g/mol. The molecule has 0 aliphatic rings. The normalized spacial score (nSPS) is 13.5. The molecule has 1 atom stereocenters. The van der Waals surface area contributed by atoms with Crippen LogP contribution in [0.2, 0.25) is 0 Å². The van der Waals surface area contributed by atoms with Gasteiger partial charge in [0.2, 0.25) is 0 Å². The number of rotatable bonds is 3. The smallest absolute Gasteiger partial charge is 0.293 e. The molecule has 0 saturated carbocycles. The van der Waals surface area contributed by atoms with Crippen LogP contribution in [0.4, 0.5) is 13.2 Å². The zero-order valence-electron chi connectivity index (χ0n) is 9.14. The van der Waals surface area contributed by atoms with Crippen molar-refractivity contribution in [1.29, 1.82) is 0 Å². The van der Waals surface area contributed by atoms with Gasteiger partial charge in [0.25, 0.3) is 0 Å². The standard InChI is InChI=1S/C11H10BrF3OS/c1-6-4-3-5-8(9(16)7(2)12)10(6)17-11(13,14)15/h3-5,7H,1-2H3. The number of ketones is 1. The van der Waals surface area contributed by atoms with E-state index in [2.05, 4.69) is 15.9 Å². The Hall–Kier alpha value is -0.490. The van der Waals surface area contributed by atoms with Crippen LogP contribution in [0.3, 0.4) is 0 Å². The van der Waals surface area contributed by atoms with Gasteiger partial charge in [-0.2, -0.15) is 13.2 Å². The van der Waals surface area contributed by atoms with Crippen LogP contribution >= 0.6 is 27.7 Å². The van der Waals surface area contributed by atoms with E-state index in [-0.39, 0.29) is 28.0 Å². The third-order valence-corrected chi connectivity index (χ3v) is 3.45. The van der Waals surface area contributed by atoms with Gasteiger partial charge in [0.05, 0.1) is 4.83 Å². The second kappa shape index (κ2) is 5.44. The van der Waals surface area contributed by atoms with E-state index < -0.39 is 10.3 Å². The summed E-state index contributed by atoms with van der Waals surface area (Å²) < 4.78 is 37.2. The third kappa shape index (κ3) is 4.03. The Morgan fingerprint density at radius 3 is 2.47 bits per heavy atom. The number of benzene rings is 1. The molecule has 6 heteroatoms. The second-order valence-corrected chi connectivity index (χ2v) is 5.93. The first-order valence-corrected chi connectivity index (χ1v) is 6.49. The van der Waals surface area contributed by atoms with Crippen LogP contribution in [0.1, 0.15) is 22.8 Å². The molecule has 1 nitrogen and oxygen atoms in total. The van der Waals surface area contributed by atoms with E-state index in [4.69, 9.17) is 0 Å². The topological polar surface area (TPSA) is 17.1 Å². The Morgan fingerprint density at radius 1 is 1.41 bits per heavy atom. The SMILES string of the molecule is Cc1cccc(C(=O)C(C)Br)c1SC(F)(F)F. The highest BCUT2D eigenvalue weighted by Crippen LogP contribution is 2.40. The predicted octanol–water partition coefficient (Wildman–Crippen LogP) is 4.57. The average Bonchev–Trinajstić information content (AvgIpc) is 2.18. The van der Waals surface area contributed by atoms with Gasteiger partial charge in [0.1, 0.15) is 0 Å². The van der Waals surface area contributed by atoms with E-state index in [9.17, 15) is 18.0 Å². The summed E-state index contributed by atoms with van der Waals surface area (Å²) in [5.74, 6) is -0.347. The molecule has 1 aromatic carbocycles. The highest BCUT2D eigenvalue weighted by Gasteiger charge is 2.32. The second-order valence-electron chi connectivity index (χ2n) is 3.48. The van der Waals surface area contributed by atoms with E-state index in [1.165, 1.54) is 6.07 Å². The lowest BCUT2D eigenvalue weighted by molar-refractivity contribution is -0.0328. The Labute approximate surface area is 110 Å². The monoisotopic (exact) mass is 326 g/mol. The number of thioether (sulfide) groups is 1. The van der Waals surface area contributed by atoms with Gasteiger partial charge in [-0.25, -0.2) is 0 Å². The molecule has 0 aromatic heterocycles. The predicted molar refractivity (Wildman–Crippen MR) is 65.8 cm³/mol. The van der Waals surface area contributed by atoms with Gasteiger partial charge in [-0.1, -0.05) is 34.1 Å². The lowest BCUT2D eigenvalue weighted by Gasteiger charge is -2.13. The Balaban J connectivity index is 3.22. The lowest BCUT2D eigenvalue weighted by Crippen LogP contribution is -2.13.